The van der Waals surface area contributed by atoms with Crippen LogP contribution in [-0.2, 0) is 6.42 Å². The summed E-state index contributed by atoms with van der Waals surface area (Å²) in [5, 5.41) is 2.01. The molecule has 2 rings (SSSR count). The van der Waals surface area contributed by atoms with Crippen molar-refractivity contribution in [3.05, 3.63) is 46.7 Å². The molecule has 0 saturated carbocycles. The largest absolute Gasteiger partial charge is 0.291 e. The van der Waals surface area contributed by atoms with Crippen LogP contribution in [0.4, 0.5) is 0 Å². The zero-order valence-electron chi connectivity index (χ0n) is 8.09. The molecule has 0 aromatic carbocycles. The standard InChI is InChI=1S/C11H10N2OS/c14-10(11-12-6-2-7-13-11)5-4-9-3-1-8-15-9/h1-3,6-8H,4-5H2. The van der Waals surface area contributed by atoms with Gasteiger partial charge in [-0.15, -0.1) is 11.3 Å². The molecule has 0 aliphatic carbocycles. The van der Waals surface area contributed by atoms with Gasteiger partial charge in [0, 0.05) is 23.7 Å². The Balaban J connectivity index is 1.94. The lowest BCUT2D eigenvalue weighted by Crippen LogP contribution is -2.05. The molecular formula is C11H10N2OS. The predicted octanol–water partition coefficient (Wildman–Crippen LogP) is 2.35. The minimum Gasteiger partial charge on any atom is -0.291 e. The smallest absolute Gasteiger partial charge is 0.200 e. The average Bonchev–Trinajstić information content (AvgIpc) is 2.80. The van der Waals surface area contributed by atoms with Gasteiger partial charge in [-0.3, -0.25) is 4.79 Å². The number of ketones is 1. The number of carbonyl (C=O) groups is 1. The second-order valence-corrected chi connectivity index (χ2v) is 4.11. The van der Waals surface area contributed by atoms with Crippen molar-refractivity contribution >= 4 is 17.1 Å². The fourth-order valence-corrected chi connectivity index (χ4v) is 1.96. The summed E-state index contributed by atoms with van der Waals surface area (Å²) in [6.45, 7) is 0. The van der Waals surface area contributed by atoms with Crippen LogP contribution in [0.3, 0.4) is 0 Å². The van der Waals surface area contributed by atoms with E-state index in [4.69, 9.17) is 0 Å². The zero-order valence-corrected chi connectivity index (χ0v) is 8.91. The first-order valence-corrected chi connectivity index (χ1v) is 5.57. The first kappa shape index (κ1) is 9.98. The average molecular weight is 218 g/mol. The summed E-state index contributed by atoms with van der Waals surface area (Å²) in [4.78, 5) is 20.7. The van der Waals surface area contributed by atoms with E-state index < -0.39 is 0 Å². The molecule has 0 fully saturated rings. The van der Waals surface area contributed by atoms with Crippen molar-refractivity contribution in [2.45, 2.75) is 12.8 Å². The molecule has 2 aromatic heterocycles. The van der Waals surface area contributed by atoms with Crippen LogP contribution in [0.2, 0.25) is 0 Å². The van der Waals surface area contributed by atoms with E-state index in [-0.39, 0.29) is 5.78 Å². The highest BCUT2D eigenvalue weighted by Crippen LogP contribution is 2.11. The van der Waals surface area contributed by atoms with Crippen molar-refractivity contribution in [3.8, 4) is 0 Å². The lowest BCUT2D eigenvalue weighted by Gasteiger charge is -1.97. The maximum Gasteiger partial charge on any atom is 0.200 e. The Morgan fingerprint density at radius 2 is 2.07 bits per heavy atom. The van der Waals surface area contributed by atoms with Gasteiger partial charge in [-0.05, 0) is 23.9 Å². The van der Waals surface area contributed by atoms with E-state index in [1.807, 2.05) is 17.5 Å². The first-order chi connectivity index (χ1) is 7.36. The molecule has 0 atom stereocenters. The third kappa shape index (κ3) is 2.70. The maximum absolute atomic E-state index is 11.6. The quantitative estimate of drug-likeness (QED) is 0.740. The van der Waals surface area contributed by atoms with E-state index in [0.717, 1.165) is 6.42 Å². The number of hydrogen-bond donors (Lipinski definition) is 0. The van der Waals surface area contributed by atoms with E-state index in [0.29, 0.717) is 12.2 Å². The van der Waals surface area contributed by atoms with Gasteiger partial charge in [0.05, 0.1) is 0 Å². The summed E-state index contributed by atoms with van der Waals surface area (Å²) in [6.07, 6.45) is 4.43. The van der Waals surface area contributed by atoms with Gasteiger partial charge in [0.1, 0.15) is 0 Å². The molecule has 0 radical (unpaired) electrons. The molecule has 0 amide bonds. The van der Waals surface area contributed by atoms with Gasteiger partial charge in [-0.25, -0.2) is 9.97 Å². The van der Waals surface area contributed by atoms with E-state index in [1.165, 1.54) is 4.88 Å². The summed E-state index contributed by atoms with van der Waals surface area (Å²) in [7, 11) is 0. The molecule has 4 heteroatoms. The van der Waals surface area contributed by atoms with Crippen molar-refractivity contribution in [2.24, 2.45) is 0 Å². The molecule has 3 nitrogen and oxygen atoms in total. The molecule has 0 N–H and O–H groups in total. The van der Waals surface area contributed by atoms with E-state index >= 15 is 0 Å². The van der Waals surface area contributed by atoms with Crippen LogP contribution in [0.15, 0.2) is 36.0 Å². The number of nitrogens with zero attached hydrogens (tertiary/aromatic N) is 2. The molecular weight excluding hydrogens is 208 g/mol. The fourth-order valence-electron chi connectivity index (χ4n) is 1.25. The topological polar surface area (TPSA) is 42.9 Å². The summed E-state index contributed by atoms with van der Waals surface area (Å²) >= 11 is 1.67. The van der Waals surface area contributed by atoms with Gasteiger partial charge in [0.25, 0.3) is 0 Å². The van der Waals surface area contributed by atoms with Gasteiger partial charge in [-0.2, -0.15) is 0 Å². The van der Waals surface area contributed by atoms with Gasteiger partial charge < -0.3 is 0 Å². The van der Waals surface area contributed by atoms with Gasteiger partial charge in [0.15, 0.2) is 11.6 Å². The molecule has 0 aliphatic rings. The van der Waals surface area contributed by atoms with E-state index in [2.05, 4.69) is 9.97 Å². The maximum atomic E-state index is 11.6. The van der Waals surface area contributed by atoms with Crippen LogP contribution in [0.1, 0.15) is 21.9 Å². The fraction of sp³-hybridized carbons (Fsp3) is 0.182. The number of hydrogen-bond acceptors (Lipinski definition) is 4. The van der Waals surface area contributed by atoms with Crippen molar-refractivity contribution in [2.75, 3.05) is 0 Å². The Morgan fingerprint density at radius 1 is 1.27 bits per heavy atom. The van der Waals surface area contributed by atoms with Gasteiger partial charge >= 0.3 is 0 Å². The summed E-state index contributed by atoms with van der Waals surface area (Å²) < 4.78 is 0. The molecule has 0 bridgehead atoms. The predicted molar refractivity (Wildman–Crippen MR) is 59.0 cm³/mol. The van der Waals surface area contributed by atoms with Crippen molar-refractivity contribution < 1.29 is 4.79 Å². The molecule has 0 aliphatic heterocycles. The number of Topliss-reactive ketones (excluding diaryl/α,β-unsaturated/α-hetero) is 1. The van der Waals surface area contributed by atoms with Crippen LogP contribution in [0.5, 0.6) is 0 Å². The van der Waals surface area contributed by atoms with Crippen molar-refractivity contribution in [1.82, 2.24) is 9.97 Å². The van der Waals surface area contributed by atoms with Crippen LogP contribution in [0.25, 0.3) is 0 Å². The Labute approximate surface area is 91.8 Å². The van der Waals surface area contributed by atoms with Crippen LogP contribution >= 0.6 is 11.3 Å². The Morgan fingerprint density at radius 3 is 2.73 bits per heavy atom. The third-order valence-corrected chi connectivity index (χ3v) is 2.93. The highest BCUT2D eigenvalue weighted by Gasteiger charge is 2.08. The van der Waals surface area contributed by atoms with Crippen molar-refractivity contribution in [3.63, 3.8) is 0 Å². The molecule has 76 valence electrons. The van der Waals surface area contributed by atoms with Crippen LogP contribution in [-0.4, -0.2) is 15.8 Å². The normalized spacial score (nSPS) is 10.1. The lowest BCUT2D eigenvalue weighted by atomic mass is 10.2. The first-order valence-electron chi connectivity index (χ1n) is 4.69. The highest BCUT2D eigenvalue weighted by molar-refractivity contribution is 7.09. The number of aromatic nitrogens is 2. The monoisotopic (exact) mass is 218 g/mol. The number of rotatable bonds is 4. The summed E-state index contributed by atoms with van der Waals surface area (Å²) in [5.74, 6) is 0.318. The highest BCUT2D eigenvalue weighted by atomic mass is 32.1. The van der Waals surface area contributed by atoms with Crippen LogP contribution in [0, 0.1) is 0 Å². The minimum absolute atomic E-state index is 0.00370. The Kier molecular flexibility index (Phi) is 3.19. The summed E-state index contributed by atoms with van der Waals surface area (Å²) in [5.41, 5.74) is 0. The van der Waals surface area contributed by atoms with Gasteiger partial charge in [0.2, 0.25) is 0 Å². The molecule has 0 spiro atoms. The SMILES string of the molecule is O=C(CCc1cccs1)c1ncccn1. The second kappa shape index (κ2) is 4.79. The molecule has 2 heterocycles. The third-order valence-electron chi connectivity index (χ3n) is 1.99. The number of thiophene rings is 1. The molecule has 0 saturated heterocycles. The minimum atomic E-state index is 0.00370. The zero-order chi connectivity index (χ0) is 10.5. The number of aryl methyl sites for hydroxylation is 1. The van der Waals surface area contributed by atoms with E-state index in [1.54, 1.807) is 29.8 Å². The van der Waals surface area contributed by atoms with Gasteiger partial charge in [-0.1, -0.05) is 6.07 Å². The number of carbonyl (C=O) groups excluding carboxylic acids is 1. The second-order valence-electron chi connectivity index (χ2n) is 3.07. The van der Waals surface area contributed by atoms with Crippen molar-refractivity contribution in [1.29, 1.82) is 0 Å². The lowest BCUT2D eigenvalue weighted by molar-refractivity contribution is 0.0973. The molecule has 0 unspecified atom stereocenters. The summed E-state index contributed by atoms with van der Waals surface area (Å²) in [6, 6.07) is 5.73. The molecule has 15 heavy (non-hydrogen) atoms. The van der Waals surface area contributed by atoms with Crippen LogP contribution < -0.4 is 0 Å². The Hall–Kier alpha value is -1.55. The molecule has 2 aromatic rings. The van der Waals surface area contributed by atoms with E-state index in [9.17, 15) is 4.79 Å². The Bertz CT molecular complexity index is 425.